The molecule has 166 valence electrons. The summed E-state index contributed by atoms with van der Waals surface area (Å²) in [6.07, 6.45) is 1.72. The summed E-state index contributed by atoms with van der Waals surface area (Å²) >= 11 is 0. The van der Waals surface area contributed by atoms with Crippen LogP contribution in [-0.4, -0.2) is 52.1 Å². The molecule has 3 aromatic rings. The van der Waals surface area contributed by atoms with Crippen molar-refractivity contribution in [1.82, 2.24) is 15.0 Å². The monoisotopic (exact) mass is 436 g/mol. The zero-order valence-corrected chi connectivity index (χ0v) is 17.4. The largest absolute Gasteiger partial charge is 0.392 e. The minimum absolute atomic E-state index is 0.0451. The number of hydrogen-bond donors (Lipinski definition) is 3. The predicted octanol–water partition coefficient (Wildman–Crippen LogP) is 1.41. The lowest BCUT2D eigenvalue weighted by atomic mass is 10.1. The third-order valence-electron chi connectivity index (χ3n) is 5.37. The normalized spacial score (nSPS) is 13.8. The third kappa shape index (κ3) is 4.70. The topological polar surface area (TPSA) is 117 Å². The minimum Gasteiger partial charge on any atom is -0.392 e. The smallest absolute Gasteiger partial charge is 0.293 e. The van der Waals surface area contributed by atoms with Gasteiger partial charge < -0.3 is 19.3 Å². The fourth-order valence-electron chi connectivity index (χ4n) is 3.57. The van der Waals surface area contributed by atoms with Gasteiger partial charge in [-0.1, -0.05) is 36.4 Å². The summed E-state index contributed by atoms with van der Waals surface area (Å²) in [4.78, 5) is 31.4. The van der Waals surface area contributed by atoms with Crippen LogP contribution < -0.4 is 15.9 Å². The van der Waals surface area contributed by atoms with Crippen molar-refractivity contribution in [3.63, 3.8) is 0 Å². The molecule has 3 N–H and O–H groups in total. The summed E-state index contributed by atoms with van der Waals surface area (Å²) in [6.45, 7) is 2.48. The number of carbonyl (C=O) groups is 1. The summed E-state index contributed by atoms with van der Waals surface area (Å²) < 4.78 is 7.02. The van der Waals surface area contributed by atoms with Crippen LogP contribution in [0.5, 0.6) is 0 Å². The van der Waals surface area contributed by atoms with E-state index in [0.717, 1.165) is 16.7 Å². The number of hydroxylamine groups is 1. The molecule has 1 aliphatic heterocycles. The number of anilines is 1. The molecule has 0 atom stereocenters. The van der Waals surface area contributed by atoms with Gasteiger partial charge in [0.15, 0.2) is 5.82 Å². The number of carbonyl (C=O) groups excluding carboxylic acids is 1. The summed E-state index contributed by atoms with van der Waals surface area (Å²) in [7, 11) is 0. The number of aliphatic hydroxyl groups excluding tert-OH is 1. The first-order chi connectivity index (χ1) is 15.6. The first kappa shape index (κ1) is 21.7. The van der Waals surface area contributed by atoms with Crippen LogP contribution in [0.25, 0.3) is 11.3 Å². The molecule has 0 aliphatic carbocycles. The van der Waals surface area contributed by atoms with Gasteiger partial charge in [-0.2, -0.15) is 0 Å². The van der Waals surface area contributed by atoms with E-state index in [0.29, 0.717) is 49.9 Å². The van der Waals surface area contributed by atoms with E-state index >= 15 is 0 Å². The van der Waals surface area contributed by atoms with Gasteiger partial charge >= 0.3 is 0 Å². The van der Waals surface area contributed by atoms with E-state index in [2.05, 4.69) is 4.98 Å². The molecule has 0 bridgehead atoms. The molecular formula is C23H24N4O5. The average molecular weight is 436 g/mol. The molecule has 0 saturated carbocycles. The standard InChI is InChI=1S/C23H24N4O5/c28-15-17-3-5-18(6-4-17)20-14-27(13-16-1-7-19(8-2-16)22(29)25-31)23(30)21(24-20)26-9-11-32-12-10-26/h1-8,14,28,31H,9-13,15H2,(H,25,29). The van der Waals surface area contributed by atoms with E-state index in [1.54, 1.807) is 40.5 Å². The molecule has 0 spiro atoms. The highest BCUT2D eigenvalue weighted by Crippen LogP contribution is 2.20. The van der Waals surface area contributed by atoms with Gasteiger partial charge in [-0.05, 0) is 23.3 Å². The lowest BCUT2D eigenvalue weighted by Gasteiger charge is -2.28. The van der Waals surface area contributed by atoms with E-state index in [4.69, 9.17) is 9.94 Å². The van der Waals surface area contributed by atoms with Crippen molar-refractivity contribution in [3.05, 3.63) is 81.8 Å². The number of morpholine rings is 1. The van der Waals surface area contributed by atoms with Gasteiger partial charge in [0, 0.05) is 30.4 Å². The Morgan fingerprint density at radius 1 is 1.03 bits per heavy atom. The maximum absolute atomic E-state index is 13.3. The molecular weight excluding hydrogens is 412 g/mol. The molecule has 4 rings (SSSR count). The minimum atomic E-state index is -0.596. The van der Waals surface area contributed by atoms with E-state index in [1.165, 1.54) is 0 Å². The number of aromatic nitrogens is 2. The molecule has 0 unspecified atom stereocenters. The van der Waals surface area contributed by atoms with Crippen molar-refractivity contribution in [2.24, 2.45) is 0 Å². The van der Waals surface area contributed by atoms with E-state index in [-0.39, 0.29) is 12.2 Å². The Balaban J connectivity index is 1.72. The molecule has 2 heterocycles. The Hall–Kier alpha value is -3.53. The average Bonchev–Trinajstić information content (AvgIpc) is 2.86. The van der Waals surface area contributed by atoms with Crippen LogP contribution in [0, 0.1) is 0 Å². The first-order valence-electron chi connectivity index (χ1n) is 10.3. The fraction of sp³-hybridized carbons (Fsp3) is 0.261. The van der Waals surface area contributed by atoms with Crippen LogP contribution in [0.15, 0.2) is 59.5 Å². The van der Waals surface area contributed by atoms with Crippen LogP contribution in [0.1, 0.15) is 21.5 Å². The van der Waals surface area contributed by atoms with Gasteiger partial charge in [0.25, 0.3) is 11.5 Å². The maximum Gasteiger partial charge on any atom is 0.293 e. The molecule has 9 heteroatoms. The van der Waals surface area contributed by atoms with Gasteiger partial charge in [0.1, 0.15) is 0 Å². The van der Waals surface area contributed by atoms with E-state index < -0.39 is 5.91 Å². The molecule has 2 aromatic carbocycles. The Kier molecular flexibility index (Phi) is 6.60. The quantitative estimate of drug-likeness (QED) is 0.395. The number of amides is 1. The molecule has 1 aromatic heterocycles. The van der Waals surface area contributed by atoms with Crippen LogP contribution >= 0.6 is 0 Å². The Labute approximate surface area is 184 Å². The molecule has 1 aliphatic rings. The maximum atomic E-state index is 13.3. The zero-order chi connectivity index (χ0) is 22.5. The summed E-state index contributed by atoms with van der Waals surface area (Å²) in [6, 6.07) is 14.0. The Morgan fingerprint density at radius 2 is 1.69 bits per heavy atom. The molecule has 0 radical (unpaired) electrons. The van der Waals surface area contributed by atoms with Crippen LogP contribution in [0.4, 0.5) is 5.82 Å². The number of aliphatic hydroxyl groups is 1. The van der Waals surface area contributed by atoms with Crippen molar-refractivity contribution in [1.29, 1.82) is 0 Å². The number of benzene rings is 2. The summed E-state index contributed by atoms with van der Waals surface area (Å²) in [5, 5.41) is 18.1. The number of ether oxygens (including phenoxy) is 1. The van der Waals surface area contributed by atoms with Gasteiger partial charge in [-0.3, -0.25) is 14.8 Å². The van der Waals surface area contributed by atoms with Crippen molar-refractivity contribution in [2.45, 2.75) is 13.2 Å². The van der Waals surface area contributed by atoms with Gasteiger partial charge in [0.2, 0.25) is 0 Å². The number of hydrogen-bond acceptors (Lipinski definition) is 7. The van der Waals surface area contributed by atoms with E-state index in [1.807, 2.05) is 29.2 Å². The second kappa shape index (κ2) is 9.73. The highest BCUT2D eigenvalue weighted by Gasteiger charge is 2.19. The molecule has 1 amide bonds. The summed E-state index contributed by atoms with van der Waals surface area (Å²) in [5.74, 6) is -0.228. The van der Waals surface area contributed by atoms with Crippen molar-refractivity contribution in [3.8, 4) is 11.3 Å². The van der Waals surface area contributed by atoms with Crippen molar-refractivity contribution in [2.75, 3.05) is 31.2 Å². The summed E-state index contributed by atoms with van der Waals surface area (Å²) in [5.41, 5.74) is 4.81. The number of nitrogens with zero attached hydrogens (tertiary/aromatic N) is 3. The zero-order valence-electron chi connectivity index (χ0n) is 17.4. The van der Waals surface area contributed by atoms with Gasteiger partial charge in [-0.15, -0.1) is 0 Å². The van der Waals surface area contributed by atoms with Crippen LogP contribution in [0.3, 0.4) is 0 Å². The van der Waals surface area contributed by atoms with Crippen molar-refractivity contribution < 1.29 is 19.8 Å². The Bertz CT molecular complexity index is 1140. The lowest BCUT2D eigenvalue weighted by Crippen LogP contribution is -2.41. The highest BCUT2D eigenvalue weighted by atomic mass is 16.5. The fourth-order valence-corrected chi connectivity index (χ4v) is 3.57. The molecule has 9 nitrogen and oxygen atoms in total. The SMILES string of the molecule is O=C(NO)c1ccc(Cn2cc(-c3ccc(CO)cc3)nc(N3CCOCC3)c2=O)cc1. The lowest BCUT2D eigenvalue weighted by molar-refractivity contribution is 0.0706. The molecule has 1 fully saturated rings. The number of nitrogens with one attached hydrogen (secondary N) is 1. The molecule has 32 heavy (non-hydrogen) atoms. The van der Waals surface area contributed by atoms with Gasteiger partial charge in [0.05, 0.1) is 32.1 Å². The van der Waals surface area contributed by atoms with Crippen molar-refractivity contribution >= 4 is 11.7 Å². The molecule has 1 saturated heterocycles. The predicted molar refractivity (Wildman–Crippen MR) is 118 cm³/mol. The van der Waals surface area contributed by atoms with Crippen LogP contribution in [0.2, 0.25) is 0 Å². The van der Waals surface area contributed by atoms with Gasteiger partial charge in [-0.25, -0.2) is 10.5 Å². The number of rotatable bonds is 6. The second-order valence-electron chi connectivity index (χ2n) is 7.48. The highest BCUT2D eigenvalue weighted by molar-refractivity contribution is 5.93. The second-order valence-corrected chi connectivity index (χ2v) is 7.48. The first-order valence-corrected chi connectivity index (χ1v) is 10.3. The Morgan fingerprint density at radius 3 is 2.31 bits per heavy atom. The third-order valence-corrected chi connectivity index (χ3v) is 5.37. The van der Waals surface area contributed by atoms with E-state index in [9.17, 15) is 14.7 Å². The van der Waals surface area contributed by atoms with Crippen LogP contribution in [-0.2, 0) is 17.9 Å².